The molecule has 0 aromatic carbocycles. The van der Waals surface area contributed by atoms with Crippen LogP contribution < -0.4 is 15.4 Å². The number of hydrogen-bond donors (Lipinski definition) is 3. The van der Waals surface area contributed by atoms with Gasteiger partial charge in [-0.1, -0.05) is 0 Å². The maximum Gasteiger partial charge on any atom is 0.414 e. The molecule has 162 valence electrons. The Morgan fingerprint density at radius 1 is 1.06 bits per heavy atom. The molecular formula is C22H26N6O3. The van der Waals surface area contributed by atoms with E-state index in [1.807, 2.05) is 6.07 Å². The predicted octanol–water partition coefficient (Wildman–Crippen LogP) is 2.69. The standard InChI is InChI=1S/C22H26N6O3/c29-19(17-6-16(27-28-17)15-1-2-15)25-21-7-13-5-14(8-21)10-22(9-13,12-21)26-20(30)31-18-11-23-3-4-24-18/h3-4,6,11,13-15H,1-2,5,7-10,12H2,(H,25,29)(H,26,30)(H,27,28). The summed E-state index contributed by atoms with van der Waals surface area (Å²) in [7, 11) is 0. The fraction of sp³-hybridized carbons (Fsp3) is 0.591. The van der Waals surface area contributed by atoms with Crippen molar-refractivity contribution in [1.29, 1.82) is 0 Å². The molecule has 31 heavy (non-hydrogen) atoms. The maximum absolute atomic E-state index is 13.0. The fourth-order valence-corrected chi connectivity index (χ4v) is 6.58. The number of ether oxygens (including phenoxy) is 1. The van der Waals surface area contributed by atoms with Crippen LogP contribution in [0.15, 0.2) is 24.7 Å². The summed E-state index contributed by atoms with van der Waals surface area (Å²) in [6.45, 7) is 0. The first-order chi connectivity index (χ1) is 15.0. The fourth-order valence-electron chi connectivity index (χ4n) is 6.58. The lowest BCUT2D eigenvalue weighted by molar-refractivity contribution is -0.0450. The van der Waals surface area contributed by atoms with Crippen LogP contribution in [0.5, 0.6) is 5.88 Å². The van der Waals surface area contributed by atoms with Crippen molar-refractivity contribution in [2.24, 2.45) is 11.8 Å². The third-order valence-corrected chi connectivity index (χ3v) is 7.38. The molecule has 0 aliphatic heterocycles. The maximum atomic E-state index is 13.0. The van der Waals surface area contributed by atoms with E-state index in [0.717, 1.165) is 57.1 Å². The molecule has 5 saturated carbocycles. The molecule has 0 saturated heterocycles. The Balaban J connectivity index is 1.18. The van der Waals surface area contributed by atoms with Crippen molar-refractivity contribution in [3.8, 4) is 5.88 Å². The number of H-pyrrole nitrogens is 1. The second kappa shape index (κ2) is 6.77. The highest BCUT2D eigenvalue weighted by molar-refractivity contribution is 5.93. The van der Waals surface area contributed by atoms with Gasteiger partial charge in [-0.15, -0.1) is 0 Å². The van der Waals surface area contributed by atoms with Gasteiger partial charge in [0.1, 0.15) is 5.69 Å². The van der Waals surface area contributed by atoms with E-state index in [0.29, 0.717) is 23.4 Å². The van der Waals surface area contributed by atoms with Crippen LogP contribution in [0.2, 0.25) is 0 Å². The molecule has 2 heterocycles. The van der Waals surface area contributed by atoms with E-state index in [4.69, 9.17) is 4.74 Å². The minimum absolute atomic E-state index is 0.0985. The number of nitrogens with zero attached hydrogens (tertiary/aromatic N) is 3. The number of aromatic nitrogens is 4. The zero-order chi connectivity index (χ0) is 21.1. The van der Waals surface area contributed by atoms with Crippen molar-refractivity contribution in [2.75, 3.05) is 0 Å². The Morgan fingerprint density at radius 2 is 1.81 bits per heavy atom. The number of carbonyl (C=O) groups excluding carboxylic acids is 2. The zero-order valence-corrected chi connectivity index (χ0v) is 17.3. The monoisotopic (exact) mass is 422 g/mol. The molecule has 0 radical (unpaired) electrons. The summed E-state index contributed by atoms with van der Waals surface area (Å²) < 4.78 is 5.34. The third kappa shape index (κ3) is 3.55. The molecule has 9 heteroatoms. The van der Waals surface area contributed by atoms with E-state index in [1.54, 1.807) is 0 Å². The van der Waals surface area contributed by atoms with Crippen molar-refractivity contribution in [2.45, 2.75) is 68.4 Å². The van der Waals surface area contributed by atoms with Gasteiger partial charge in [0.25, 0.3) is 5.91 Å². The Morgan fingerprint density at radius 3 is 2.48 bits per heavy atom. The van der Waals surface area contributed by atoms with E-state index in [2.05, 4.69) is 30.8 Å². The summed E-state index contributed by atoms with van der Waals surface area (Å²) in [6.07, 6.45) is 11.9. The highest BCUT2D eigenvalue weighted by Gasteiger charge is 2.59. The highest BCUT2D eigenvalue weighted by Crippen LogP contribution is 2.57. The first-order valence-electron chi connectivity index (χ1n) is 11.1. The van der Waals surface area contributed by atoms with Gasteiger partial charge in [-0.2, -0.15) is 5.10 Å². The summed E-state index contributed by atoms with van der Waals surface area (Å²) in [5.41, 5.74) is 0.859. The second-order valence-electron chi connectivity index (χ2n) is 10.0. The molecule has 5 aliphatic carbocycles. The second-order valence-corrected chi connectivity index (χ2v) is 10.0. The molecule has 2 unspecified atom stereocenters. The number of aromatic amines is 1. The predicted molar refractivity (Wildman–Crippen MR) is 109 cm³/mol. The van der Waals surface area contributed by atoms with Gasteiger partial charge in [0.05, 0.1) is 11.9 Å². The summed E-state index contributed by atoms with van der Waals surface area (Å²) in [5.74, 6) is 1.56. The lowest BCUT2D eigenvalue weighted by atomic mass is 9.50. The summed E-state index contributed by atoms with van der Waals surface area (Å²) in [4.78, 5) is 33.6. The largest absolute Gasteiger partial charge is 0.414 e. The van der Waals surface area contributed by atoms with Crippen molar-refractivity contribution in [3.63, 3.8) is 0 Å². The van der Waals surface area contributed by atoms with Crippen molar-refractivity contribution < 1.29 is 14.3 Å². The lowest BCUT2D eigenvalue weighted by Gasteiger charge is -2.61. The molecule has 9 nitrogen and oxygen atoms in total. The van der Waals surface area contributed by atoms with Gasteiger partial charge in [-0.3, -0.25) is 14.9 Å². The van der Waals surface area contributed by atoms with Crippen LogP contribution in [0.25, 0.3) is 0 Å². The van der Waals surface area contributed by atoms with Crippen LogP contribution in [0.3, 0.4) is 0 Å². The average molecular weight is 422 g/mol. The molecule has 3 N–H and O–H groups in total. The summed E-state index contributed by atoms with van der Waals surface area (Å²) in [5, 5.41) is 13.7. The van der Waals surface area contributed by atoms with Gasteiger partial charge < -0.3 is 15.4 Å². The molecule has 5 aliphatic rings. The van der Waals surface area contributed by atoms with Crippen molar-refractivity contribution >= 4 is 12.0 Å². The van der Waals surface area contributed by atoms with Crippen LogP contribution in [-0.2, 0) is 0 Å². The Hall–Kier alpha value is -2.97. The first kappa shape index (κ1) is 18.8. The molecule has 2 aromatic rings. The van der Waals surface area contributed by atoms with Crippen LogP contribution in [-0.4, -0.2) is 43.2 Å². The normalized spacial score (nSPS) is 33.2. The molecule has 5 fully saturated rings. The third-order valence-electron chi connectivity index (χ3n) is 7.38. The highest BCUT2D eigenvalue weighted by atomic mass is 16.6. The molecular weight excluding hydrogens is 396 g/mol. The van der Waals surface area contributed by atoms with E-state index in [9.17, 15) is 9.59 Å². The molecule has 2 amide bonds. The number of hydrogen-bond acceptors (Lipinski definition) is 6. The summed E-state index contributed by atoms with van der Waals surface area (Å²) >= 11 is 0. The van der Waals surface area contributed by atoms with E-state index >= 15 is 0 Å². The number of nitrogens with one attached hydrogen (secondary N) is 3. The van der Waals surface area contributed by atoms with Gasteiger partial charge in [0.15, 0.2) is 0 Å². The Labute approximate surface area is 179 Å². The molecule has 0 spiro atoms. The Bertz CT molecular complexity index is 1000. The topological polar surface area (TPSA) is 122 Å². The molecule has 7 rings (SSSR count). The van der Waals surface area contributed by atoms with Crippen LogP contribution >= 0.6 is 0 Å². The molecule has 2 atom stereocenters. The lowest BCUT2D eigenvalue weighted by Crippen LogP contribution is -2.70. The zero-order valence-electron chi connectivity index (χ0n) is 17.3. The van der Waals surface area contributed by atoms with Crippen LogP contribution in [0.1, 0.15) is 73.5 Å². The van der Waals surface area contributed by atoms with E-state index in [-0.39, 0.29) is 22.9 Å². The van der Waals surface area contributed by atoms with Gasteiger partial charge in [-0.25, -0.2) is 9.78 Å². The molecule has 2 aromatic heterocycles. The minimum atomic E-state index is -0.508. The van der Waals surface area contributed by atoms with Gasteiger partial charge in [0, 0.05) is 29.4 Å². The first-order valence-corrected chi connectivity index (χ1v) is 11.1. The van der Waals surface area contributed by atoms with E-state index in [1.165, 1.54) is 18.6 Å². The smallest absolute Gasteiger partial charge is 0.390 e. The quantitative estimate of drug-likeness (QED) is 0.681. The Kier molecular flexibility index (Phi) is 4.10. The van der Waals surface area contributed by atoms with Crippen molar-refractivity contribution in [1.82, 2.24) is 30.8 Å². The number of amides is 2. The van der Waals surface area contributed by atoms with E-state index < -0.39 is 6.09 Å². The van der Waals surface area contributed by atoms with Crippen molar-refractivity contribution in [3.05, 3.63) is 36.0 Å². The number of rotatable bonds is 5. The number of carbonyl (C=O) groups is 2. The van der Waals surface area contributed by atoms with Gasteiger partial charge in [0.2, 0.25) is 5.88 Å². The SMILES string of the molecule is O=C(NC12CC3CC(C1)CC(NC(=O)c1cc(C4CC4)n[nH]1)(C3)C2)Oc1cnccn1. The minimum Gasteiger partial charge on any atom is -0.390 e. The van der Waals surface area contributed by atoms with Crippen LogP contribution in [0.4, 0.5) is 4.79 Å². The average Bonchev–Trinajstić information content (AvgIpc) is 3.43. The summed E-state index contributed by atoms with van der Waals surface area (Å²) in [6, 6.07) is 1.89. The van der Waals surface area contributed by atoms with Crippen LogP contribution in [0, 0.1) is 11.8 Å². The van der Waals surface area contributed by atoms with Gasteiger partial charge >= 0.3 is 6.09 Å². The molecule has 4 bridgehead atoms. The van der Waals surface area contributed by atoms with Gasteiger partial charge in [-0.05, 0) is 69.3 Å².